The van der Waals surface area contributed by atoms with Crippen LogP contribution in [0, 0.1) is 24.2 Å². The Hall–Kier alpha value is -3.59. The molecule has 1 fully saturated rings. The molecule has 1 heterocycles. The summed E-state index contributed by atoms with van der Waals surface area (Å²) in [7, 11) is 0. The second kappa shape index (κ2) is 5.99. The number of hydrogen-bond acceptors (Lipinski definition) is 4. The minimum absolute atomic E-state index is 0.0558. The molecule has 27 heavy (non-hydrogen) atoms. The van der Waals surface area contributed by atoms with Gasteiger partial charge < -0.3 is 14.7 Å². The van der Waals surface area contributed by atoms with Crippen LogP contribution in [0.3, 0.4) is 0 Å². The lowest BCUT2D eigenvalue weighted by atomic mass is 10.0. The van der Waals surface area contributed by atoms with Gasteiger partial charge in [0.1, 0.15) is 11.0 Å². The fourth-order valence-electron chi connectivity index (χ4n) is 2.99. The van der Waals surface area contributed by atoms with Crippen molar-refractivity contribution in [1.29, 1.82) is 0 Å². The van der Waals surface area contributed by atoms with Gasteiger partial charge in [-0.05, 0) is 48.7 Å². The van der Waals surface area contributed by atoms with Crippen molar-refractivity contribution in [2.75, 3.05) is 0 Å². The van der Waals surface area contributed by atoms with Gasteiger partial charge in [0.25, 0.3) is 0 Å². The van der Waals surface area contributed by atoms with Gasteiger partial charge in [0.2, 0.25) is 0 Å². The molecule has 6 nitrogen and oxygen atoms in total. The lowest BCUT2D eigenvalue weighted by Gasteiger charge is -2.03. The van der Waals surface area contributed by atoms with Gasteiger partial charge in [0.05, 0.1) is 5.69 Å². The zero-order valence-electron chi connectivity index (χ0n) is 14.4. The molecule has 4 rings (SSSR count). The first kappa shape index (κ1) is 16.9. The van der Waals surface area contributed by atoms with Gasteiger partial charge in [-0.25, -0.2) is 4.79 Å². The number of aliphatic carboxylic acids is 1. The molecule has 2 N–H and O–H groups in total. The van der Waals surface area contributed by atoms with Crippen LogP contribution < -0.4 is 0 Å². The second-order valence-electron chi connectivity index (χ2n) is 6.69. The van der Waals surface area contributed by atoms with E-state index in [2.05, 4.69) is 17.0 Å². The number of carbonyl (C=O) groups is 2. The summed E-state index contributed by atoms with van der Waals surface area (Å²) in [5, 5.41) is 24.1. The molecule has 1 saturated carbocycles. The third-order valence-electron chi connectivity index (χ3n) is 4.78. The van der Waals surface area contributed by atoms with Crippen molar-refractivity contribution in [1.82, 2.24) is 5.16 Å². The van der Waals surface area contributed by atoms with Crippen LogP contribution in [0.5, 0.6) is 0 Å². The van der Waals surface area contributed by atoms with Gasteiger partial charge >= 0.3 is 11.9 Å². The quantitative estimate of drug-likeness (QED) is 0.690. The molecule has 0 aliphatic heterocycles. The summed E-state index contributed by atoms with van der Waals surface area (Å²) in [6, 6.07) is 11.0. The smallest absolute Gasteiger partial charge is 0.341 e. The Labute approximate surface area is 154 Å². The van der Waals surface area contributed by atoms with Gasteiger partial charge in [-0.15, -0.1) is 0 Å². The van der Waals surface area contributed by atoms with Crippen molar-refractivity contribution in [3.05, 3.63) is 53.2 Å². The van der Waals surface area contributed by atoms with Gasteiger partial charge in [-0.1, -0.05) is 35.2 Å². The van der Waals surface area contributed by atoms with Gasteiger partial charge in [-0.3, -0.25) is 4.79 Å². The maximum absolute atomic E-state index is 11.4. The predicted octanol–water partition coefficient (Wildman–Crippen LogP) is 3.72. The highest BCUT2D eigenvalue weighted by Crippen LogP contribution is 2.45. The van der Waals surface area contributed by atoms with Crippen LogP contribution in [-0.2, 0) is 4.79 Å². The summed E-state index contributed by atoms with van der Waals surface area (Å²) in [5.74, 6) is 4.11. The topological polar surface area (TPSA) is 101 Å². The maximum Gasteiger partial charge on any atom is 0.341 e. The van der Waals surface area contributed by atoms with Crippen molar-refractivity contribution in [2.45, 2.75) is 19.8 Å². The van der Waals surface area contributed by atoms with E-state index in [1.165, 1.54) is 0 Å². The van der Waals surface area contributed by atoms with Crippen LogP contribution in [0.15, 0.2) is 40.9 Å². The molecule has 0 radical (unpaired) electrons. The van der Waals surface area contributed by atoms with Gasteiger partial charge in [-0.2, -0.15) is 0 Å². The molecular formula is C21H15NO5. The average molecular weight is 361 g/mol. The molecule has 1 aliphatic carbocycles. The normalized spacial score (nSPS) is 14.4. The fourth-order valence-corrected chi connectivity index (χ4v) is 2.99. The summed E-state index contributed by atoms with van der Waals surface area (Å²) >= 11 is 0. The van der Waals surface area contributed by atoms with Crippen molar-refractivity contribution < 1.29 is 24.3 Å². The van der Waals surface area contributed by atoms with Crippen LogP contribution in [0.4, 0.5) is 0 Å². The molecular weight excluding hydrogens is 346 g/mol. The SMILES string of the molecule is Cc1noc(-c2ccc3cc(C#CC4(C(=O)O)CC4)ccc3c2)c1C(=O)O. The third kappa shape index (κ3) is 2.93. The van der Waals surface area contributed by atoms with Gasteiger partial charge in [0, 0.05) is 11.1 Å². The number of aromatic nitrogens is 1. The zero-order chi connectivity index (χ0) is 19.2. The standard InChI is InChI=1S/C21H15NO5/c1-12-17(19(23)24)18(27-22-12)16-5-4-14-10-13(2-3-15(14)11-16)6-7-21(8-9-21)20(25)26/h2-5,10-11H,8-9H2,1H3,(H,23,24)(H,25,26). The third-order valence-corrected chi connectivity index (χ3v) is 4.78. The number of rotatable bonds is 3. The number of aryl methyl sites for hydroxylation is 1. The van der Waals surface area contributed by atoms with E-state index in [-0.39, 0.29) is 11.3 Å². The first-order chi connectivity index (χ1) is 12.9. The summed E-state index contributed by atoms with van der Waals surface area (Å²) < 4.78 is 5.21. The number of fused-ring (bicyclic) bond motifs is 1. The van der Waals surface area contributed by atoms with Crippen molar-refractivity contribution in [3.8, 4) is 23.2 Å². The Morgan fingerprint density at radius 2 is 1.81 bits per heavy atom. The summed E-state index contributed by atoms with van der Waals surface area (Å²) in [4.78, 5) is 22.6. The summed E-state index contributed by atoms with van der Waals surface area (Å²) in [5.41, 5.74) is 0.874. The highest BCUT2D eigenvalue weighted by molar-refractivity contribution is 5.97. The zero-order valence-corrected chi connectivity index (χ0v) is 14.4. The summed E-state index contributed by atoms with van der Waals surface area (Å²) in [6.45, 7) is 1.59. The molecule has 0 bridgehead atoms. The Morgan fingerprint density at radius 1 is 1.11 bits per heavy atom. The van der Waals surface area contributed by atoms with Crippen LogP contribution >= 0.6 is 0 Å². The van der Waals surface area contributed by atoms with E-state index < -0.39 is 17.4 Å². The predicted molar refractivity (Wildman–Crippen MR) is 97.3 cm³/mol. The Kier molecular flexibility index (Phi) is 3.74. The molecule has 1 aliphatic rings. The number of hydrogen-bond donors (Lipinski definition) is 2. The van der Waals surface area contributed by atoms with Crippen LogP contribution in [0.2, 0.25) is 0 Å². The molecule has 6 heteroatoms. The van der Waals surface area contributed by atoms with E-state index in [1.54, 1.807) is 13.0 Å². The van der Waals surface area contributed by atoms with Crippen LogP contribution in [0.25, 0.3) is 22.1 Å². The Morgan fingerprint density at radius 3 is 2.48 bits per heavy atom. The second-order valence-corrected chi connectivity index (χ2v) is 6.69. The fraction of sp³-hybridized carbons (Fsp3) is 0.190. The first-order valence-electron chi connectivity index (χ1n) is 8.40. The molecule has 0 saturated heterocycles. The molecule has 0 amide bonds. The lowest BCUT2D eigenvalue weighted by molar-refractivity contribution is -0.141. The molecule has 3 aromatic rings. The number of aromatic carboxylic acids is 1. The van der Waals surface area contributed by atoms with E-state index in [1.807, 2.05) is 30.3 Å². The van der Waals surface area contributed by atoms with Crippen LogP contribution in [-0.4, -0.2) is 27.3 Å². The number of benzene rings is 2. The van der Waals surface area contributed by atoms with Crippen molar-refractivity contribution >= 4 is 22.7 Å². The molecule has 0 unspecified atom stereocenters. The number of nitrogens with zero attached hydrogens (tertiary/aromatic N) is 1. The highest BCUT2D eigenvalue weighted by atomic mass is 16.5. The molecule has 2 aromatic carbocycles. The van der Waals surface area contributed by atoms with E-state index >= 15 is 0 Å². The van der Waals surface area contributed by atoms with Crippen LogP contribution in [0.1, 0.15) is 34.5 Å². The van der Waals surface area contributed by atoms with Crippen molar-refractivity contribution in [2.24, 2.45) is 5.41 Å². The van der Waals surface area contributed by atoms with Gasteiger partial charge in [0.15, 0.2) is 5.76 Å². The monoisotopic (exact) mass is 361 g/mol. The minimum atomic E-state index is -1.08. The molecule has 0 spiro atoms. The average Bonchev–Trinajstić information content (AvgIpc) is 3.34. The number of carboxylic acids is 2. The number of carboxylic acid groups (broad SMARTS) is 2. The minimum Gasteiger partial charge on any atom is -0.480 e. The largest absolute Gasteiger partial charge is 0.480 e. The van der Waals surface area contributed by atoms with E-state index in [0.717, 1.165) is 16.3 Å². The Bertz CT molecular complexity index is 1160. The maximum atomic E-state index is 11.4. The lowest BCUT2D eigenvalue weighted by Crippen LogP contribution is -2.11. The molecule has 1 aromatic heterocycles. The molecule has 0 atom stereocenters. The Balaban J connectivity index is 1.71. The first-order valence-corrected chi connectivity index (χ1v) is 8.40. The van der Waals surface area contributed by atoms with Crippen molar-refractivity contribution in [3.63, 3.8) is 0 Å². The summed E-state index contributed by atoms with van der Waals surface area (Å²) in [6.07, 6.45) is 1.18. The van der Waals surface area contributed by atoms with E-state index in [0.29, 0.717) is 24.1 Å². The molecule has 134 valence electrons. The van der Waals surface area contributed by atoms with E-state index in [4.69, 9.17) is 4.52 Å². The highest BCUT2D eigenvalue weighted by Gasteiger charge is 2.49. The van der Waals surface area contributed by atoms with E-state index in [9.17, 15) is 19.8 Å².